The lowest BCUT2D eigenvalue weighted by Gasteiger charge is -2.12. The van der Waals surface area contributed by atoms with Crippen LogP contribution in [0.4, 0.5) is 11.4 Å². The fraction of sp³-hybridized carbons (Fsp3) is 0.120. The third-order valence-electron chi connectivity index (χ3n) is 5.35. The van der Waals surface area contributed by atoms with Gasteiger partial charge in [0.1, 0.15) is 5.69 Å². The minimum absolute atomic E-state index is 0.137. The van der Waals surface area contributed by atoms with Gasteiger partial charge in [0, 0.05) is 36.4 Å². The molecule has 0 saturated heterocycles. The van der Waals surface area contributed by atoms with Gasteiger partial charge in [0.15, 0.2) is 9.84 Å². The molecule has 0 atom stereocenters. The molecule has 0 fully saturated rings. The van der Waals surface area contributed by atoms with Crippen molar-refractivity contribution in [3.63, 3.8) is 0 Å². The molecule has 10 heteroatoms. The quantitative estimate of drug-likeness (QED) is 0.216. The molecule has 0 aliphatic rings. The zero-order chi connectivity index (χ0) is 25.0. The van der Waals surface area contributed by atoms with Crippen molar-refractivity contribution in [2.75, 3.05) is 24.7 Å². The molecular weight excluding hydrogens is 468 g/mol. The summed E-state index contributed by atoms with van der Waals surface area (Å²) in [5.41, 5.74) is 2.54. The molecular formula is C25H22N4O5S. The summed E-state index contributed by atoms with van der Waals surface area (Å²) in [5, 5.41) is 17.8. The highest BCUT2D eigenvalue weighted by Gasteiger charge is 2.19. The number of amides is 1. The van der Waals surface area contributed by atoms with Crippen molar-refractivity contribution < 1.29 is 18.1 Å². The van der Waals surface area contributed by atoms with Crippen LogP contribution in [0.15, 0.2) is 83.8 Å². The smallest absolute Gasteiger partial charge is 0.293 e. The van der Waals surface area contributed by atoms with Gasteiger partial charge >= 0.3 is 0 Å². The molecule has 0 spiro atoms. The molecule has 0 unspecified atom stereocenters. The van der Waals surface area contributed by atoms with Gasteiger partial charge in [0.25, 0.3) is 11.6 Å². The van der Waals surface area contributed by atoms with E-state index < -0.39 is 14.8 Å². The van der Waals surface area contributed by atoms with Crippen LogP contribution in [0.3, 0.4) is 0 Å². The van der Waals surface area contributed by atoms with Gasteiger partial charge in [-0.1, -0.05) is 48.5 Å². The number of nitro groups is 1. The Kier molecular flexibility index (Phi) is 6.74. The topological polar surface area (TPSA) is 131 Å². The first-order valence-electron chi connectivity index (χ1n) is 10.7. The average Bonchev–Trinajstić information content (AvgIpc) is 2.85. The maximum absolute atomic E-state index is 13.0. The van der Waals surface area contributed by atoms with Gasteiger partial charge in [-0.15, -0.1) is 0 Å². The standard InChI is InChI=1S/C25H22N4O5S/c1-35(33,34)18-11-12-22(24(15-18)29(31)32)26-13-14-27-25(30)20-16-23(17-7-3-2-4-8-17)28-21-10-6-5-9-19(20)21/h2-12,15-16,26H,13-14H2,1H3,(H,27,30). The van der Waals surface area contributed by atoms with E-state index in [2.05, 4.69) is 15.6 Å². The SMILES string of the molecule is CS(=O)(=O)c1ccc(NCCNC(=O)c2cc(-c3ccccc3)nc3ccccc23)c([N+](=O)[O-])c1. The van der Waals surface area contributed by atoms with Crippen LogP contribution in [-0.2, 0) is 9.84 Å². The van der Waals surface area contributed by atoms with Crippen molar-refractivity contribution in [1.82, 2.24) is 10.3 Å². The van der Waals surface area contributed by atoms with Crippen LogP contribution in [0.25, 0.3) is 22.2 Å². The predicted octanol–water partition coefficient (Wildman–Crippen LogP) is 4.06. The molecule has 1 aromatic heterocycles. The molecule has 2 N–H and O–H groups in total. The van der Waals surface area contributed by atoms with Crippen molar-refractivity contribution in [2.24, 2.45) is 0 Å². The van der Waals surface area contributed by atoms with E-state index >= 15 is 0 Å². The number of hydrogen-bond donors (Lipinski definition) is 2. The Hall–Kier alpha value is -4.31. The summed E-state index contributed by atoms with van der Waals surface area (Å²) in [6, 6.07) is 22.3. The van der Waals surface area contributed by atoms with E-state index in [9.17, 15) is 23.3 Å². The largest absolute Gasteiger partial charge is 0.378 e. The number of nitrogens with one attached hydrogen (secondary N) is 2. The third kappa shape index (κ3) is 5.44. The van der Waals surface area contributed by atoms with Crippen molar-refractivity contribution in [3.05, 3.63) is 94.5 Å². The second-order valence-corrected chi connectivity index (χ2v) is 9.84. The number of benzene rings is 3. The zero-order valence-corrected chi connectivity index (χ0v) is 19.6. The first-order valence-corrected chi connectivity index (χ1v) is 12.6. The Bertz CT molecular complexity index is 1520. The molecule has 4 rings (SSSR count). The number of rotatable bonds is 8. The van der Waals surface area contributed by atoms with Gasteiger partial charge < -0.3 is 10.6 Å². The fourth-order valence-electron chi connectivity index (χ4n) is 3.63. The lowest BCUT2D eigenvalue weighted by Crippen LogP contribution is -2.29. The maximum Gasteiger partial charge on any atom is 0.293 e. The number of nitro benzene ring substituents is 1. The summed E-state index contributed by atoms with van der Waals surface area (Å²) < 4.78 is 23.4. The number of sulfone groups is 1. The number of fused-ring (bicyclic) bond motifs is 1. The molecule has 0 aliphatic carbocycles. The summed E-state index contributed by atoms with van der Waals surface area (Å²) in [4.78, 5) is 28.3. The minimum atomic E-state index is -3.58. The summed E-state index contributed by atoms with van der Waals surface area (Å²) in [6.45, 7) is 0.375. The van der Waals surface area contributed by atoms with Crippen LogP contribution in [0.2, 0.25) is 0 Å². The van der Waals surface area contributed by atoms with Gasteiger partial charge in [0.2, 0.25) is 0 Å². The number of anilines is 1. The Labute approximate surface area is 201 Å². The van der Waals surface area contributed by atoms with E-state index in [1.54, 1.807) is 6.07 Å². The van der Waals surface area contributed by atoms with E-state index in [1.165, 1.54) is 12.1 Å². The summed E-state index contributed by atoms with van der Waals surface area (Å²) in [5.74, 6) is -0.301. The highest BCUT2D eigenvalue weighted by Crippen LogP contribution is 2.28. The van der Waals surface area contributed by atoms with Crippen LogP contribution in [0.1, 0.15) is 10.4 Å². The molecule has 0 bridgehead atoms. The van der Waals surface area contributed by atoms with Gasteiger partial charge in [-0.05, 0) is 24.3 Å². The molecule has 4 aromatic rings. The molecule has 0 aliphatic heterocycles. The van der Waals surface area contributed by atoms with Crippen LogP contribution in [0.5, 0.6) is 0 Å². The van der Waals surface area contributed by atoms with Crippen LogP contribution in [-0.4, -0.2) is 43.6 Å². The van der Waals surface area contributed by atoms with Crippen LogP contribution >= 0.6 is 0 Å². The number of hydrogen-bond acceptors (Lipinski definition) is 7. The van der Waals surface area contributed by atoms with Crippen molar-refractivity contribution in [2.45, 2.75) is 4.90 Å². The second kappa shape index (κ2) is 9.90. The first kappa shape index (κ1) is 23.8. The molecule has 1 heterocycles. The highest BCUT2D eigenvalue weighted by atomic mass is 32.2. The van der Waals surface area contributed by atoms with Crippen molar-refractivity contribution in [1.29, 1.82) is 0 Å². The van der Waals surface area contributed by atoms with E-state index in [-0.39, 0.29) is 35.3 Å². The molecule has 178 valence electrons. The van der Waals surface area contributed by atoms with Crippen molar-refractivity contribution >= 4 is 38.0 Å². The molecule has 0 saturated carbocycles. The first-order chi connectivity index (χ1) is 16.7. The molecule has 35 heavy (non-hydrogen) atoms. The minimum Gasteiger partial charge on any atom is -0.378 e. The Morgan fingerprint density at radius 3 is 2.40 bits per heavy atom. The van der Waals surface area contributed by atoms with Gasteiger partial charge in [-0.2, -0.15) is 0 Å². The summed E-state index contributed by atoms with van der Waals surface area (Å²) in [7, 11) is -3.58. The molecule has 3 aromatic carbocycles. The third-order valence-corrected chi connectivity index (χ3v) is 6.46. The van der Waals surface area contributed by atoms with Gasteiger partial charge in [-0.3, -0.25) is 14.9 Å². The number of nitrogens with zero attached hydrogens (tertiary/aromatic N) is 2. The molecule has 1 amide bonds. The van der Waals surface area contributed by atoms with E-state index in [0.29, 0.717) is 22.2 Å². The Balaban J connectivity index is 1.50. The van der Waals surface area contributed by atoms with E-state index in [4.69, 9.17) is 0 Å². The average molecular weight is 491 g/mol. The maximum atomic E-state index is 13.0. The van der Waals surface area contributed by atoms with Gasteiger partial charge in [0.05, 0.1) is 26.6 Å². The summed E-state index contributed by atoms with van der Waals surface area (Å²) >= 11 is 0. The fourth-order valence-corrected chi connectivity index (χ4v) is 4.27. The number of carbonyl (C=O) groups is 1. The Morgan fingerprint density at radius 2 is 1.69 bits per heavy atom. The monoisotopic (exact) mass is 490 g/mol. The number of carbonyl (C=O) groups excluding carboxylic acids is 1. The predicted molar refractivity (Wildman–Crippen MR) is 134 cm³/mol. The molecule has 9 nitrogen and oxygen atoms in total. The lowest BCUT2D eigenvalue weighted by molar-refractivity contribution is -0.384. The van der Waals surface area contributed by atoms with Crippen LogP contribution < -0.4 is 10.6 Å². The van der Waals surface area contributed by atoms with Crippen LogP contribution in [0, 0.1) is 10.1 Å². The second-order valence-electron chi connectivity index (χ2n) is 7.83. The highest BCUT2D eigenvalue weighted by molar-refractivity contribution is 7.90. The number of para-hydroxylation sites is 1. The lowest BCUT2D eigenvalue weighted by atomic mass is 10.0. The normalized spacial score (nSPS) is 11.2. The number of pyridine rings is 1. The van der Waals surface area contributed by atoms with E-state index in [1.807, 2.05) is 54.6 Å². The van der Waals surface area contributed by atoms with Crippen molar-refractivity contribution in [3.8, 4) is 11.3 Å². The summed E-state index contributed by atoms with van der Waals surface area (Å²) in [6.07, 6.45) is 0.987. The molecule has 0 radical (unpaired) electrons. The van der Waals surface area contributed by atoms with Gasteiger partial charge in [-0.25, -0.2) is 13.4 Å². The zero-order valence-electron chi connectivity index (χ0n) is 18.8. The Morgan fingerprint density at radius 1 is 0.971 bits per heavy atom. The van der Waals surface area contributed by atoms with E-state index in [0.717, 1.165) is 17.9 Å². The number of aromatic nitrogens is 1.